The summed E-state index contributed by atoms with van der Waals surface area (Å²) in [4.78, 5) is 24.0. The lowest BCUT2D eigenvalue weighted by atomic mass is 10.1. The van der Waals surface area contributed by atoms with Gasteiger partial charge in [0, 0.05) is 24.4 Å². The number of carbonyl (C=O) groups is 1. The molecule has 0 saturated carbocycles. The summed E-state index contributed by atoms with van der Waals surface area (Å²) < 4.78 is 37.6. The van der Waals surface area contributed by atoms with E-state index in [2.05, 4.69) is 15.1 Å². The molecule has 1 aromatic carbocycles. The summed E-state index contributed by atoms with van der Waals surface area (Å²) >= 11 is 0. The van der Waals surface area contributed by atoms with Crippen molar-refractivity contribution < 1.29 is 27.9 Å². The first kappa shape index (κ1) is 20.3. The summed E-state index contributed by atoms with van der Waals surface area (Å²) in [7, 11) is 0. The Hall–Kier alpha value is -2.97. The summed E-state index contributed by atoms with van der Waals surface area (Å²) in [6.07, 6.45) is -0.584. The summed E-state index contributed by atoms with van der Waals surface area (Å²) in [5, 5.41) is 12.7. The second-order valence-electron chi connectivity index (χ2n) is 5.64. The van der Waals surface area contributed by atoms with E-state index in [0.717, 1.165) is 12.1 Å². The highest BCUT2D eigenvalue weighted by Crippen LogP contribution is 2.29. The fourth-order valence-electron chi connectivity index (χ4n) is 2.15. The van der Waals surface area contributed by atoms with Crippen LogP contribution in [0.5, 0.6) is 0 Å². The summed E-state index contributed by atoms with van der Waals surface area (Å²) in [5.74, 6) is -0.502. The molecule has 1 N–H and O–H groups in total. The first-order valence-electron chi connectivity index (χ1n) is 8.17. The lowest BCUT2D eigenvalue weighted by molar-refractivity contribution is -0.138. The molecule has 27 heavy (non-hydrogen) atoms. The van der Waals surface area contributed by atoms with E-state index < -0.39 is 17.7 Å². The zero-order valence-corrected chi connectivity index (χ0v) is 14.5. The number of benzene rings is 1. The number of carboxylic acid groups (broad SMARTS) is 1. The van der Waals surface area contributed by atoms with Crippen LogP contribution in [0.15, 0.2) is 41.8 Å². The first-order chi connectivity index (χ1) is 12.8. The molecule has 144 valence electrons. The molecule has 6 nitrogen and oxygen atoms in total. The number of aromatic nitrogens is 2. The predicted octanol–water partition coefficient (Wildman–Crippen LogP) is 3.84. The monoisotopic (exact) mass is 381 g/mol. The van der Waals surface area contributed by atoms with Gasteiger partial charge in [0.25, 0.3) is 0 Å². The molecular formula is C18H18F3N3O3. The lowest BCUT2D eigenvalue weighted by Gasteiger charge is -2.08. The van der Waals surface area contributed by atoms with Crippen molar-refractivity contribution in [1.82, 2.24) is 9.97 Å². The minimum atomic E-state index is -4.37. The Bertz CT molecular complexity index is 788. The van der Waals surface area contributed by atoms with Crippen LogP contribution in [0, 0.1) is 0 Å². The Morgan fingerprint density at radius 1 is 1.19 bits per heavy atom. The minimum Gasteiger partial charge on any atom is -0.481 e. The van der Waals surface area contributed by atoms with Crippen molar-refractivity contribution in [1.29, 1.82) is 0 Å². The third-order valence-electron chi connectivity index (χ3n) is 3.62. The third-order valence-corrected chi connectivity index (χ3v) is 3.62. The molecule has 1 aromatic heterocycles. The van der Waals surface area contributed by atoms with Gasteiger partial charge in [-0.15, -0.1) is 0 Å². The SMILES string of the molecule is CC/C(=N\OCc1ccc(C(F)(F)F)cc1)c1cnc(CCC(=O)O)nc1. The predicted molar refractivity (Wildman–Crippen MR) is 91.0 cm³/mol. The van der Waals surface area contributed by atoms with E-state index in [4.69, 9.17) is 9.94 Å². The molecular weight excluding hydrogens is 363 g/mol. The van der Waals surface area contributed by atoms with Gasteiger partial charge < -0.3 is 9.94 Å². The first-order valence-corrected chi connectivity index (χ1v) is 8.17. The highest BCUT2D eigenvalue weighted by molar-refractivity contribution is 5.99. The molecule has 1 heterocycles. The van der Waals surface area contributed by atoms with Crippen LogP contribution in [0.25, 0.3) is 0 Å². The van der Waals surface area contributed by atoms with Gasteiger partial charge in [-0.1, -0.05) is 24.2 Å². The molecule has 0 spiro atoms. The number of alkyl halides is 3. The van der Waals surface area contributed by atoms with Gasteiger partial charge in [-0.25, -0.2) is 9.97 Å². The quantitative estimate of drug-likeness (QED) is 0.555. The molecule has 0 bridgehead atoms. The Morgan fingerprint density at radius 2 is 1.81 bits per heavy atom. The highest BCUT2D eigenvalue weighted by Gasteiger charge is 2.29. The van der Waals surface area contributed by atoms with Crippen LogP contribution in [0.3, 0.4) is 0 Å². The highest BCUT2D eigenvalue weighted by atomic mass is 19.4. The van der Waals surface area contributed by atoms with Crippen molar-refractivity contribution in [2.24, 2.45) is 5.16 Å². The standard InChI is InChI=1S/C18H18F3N3O3/c1-2-15(13-9-22-16(23-10-13)7-8-17(25)26)24-27-11-12-3-5-14(6-4-12)18(19,20)21/h3-6,9-10H,2,7-8,11H2,1H3,(H,25,26)/b24-15+. The van der Waals surface area contributed by atoms with Gasteiger partial charge in [0.15, 0.2) is 0 Å². The number of aliphatic carboxylic acids is 1. The molecule has 0 unspecified atom stereocenters. The molecule has 0 radical (unpaired) electrons. The zero-order valence-electron chi connectivity index (χ0n) is 14.5. The summed E-state index contributed by atoms with van der Waals surface area (Å²) in [6, 6.07) is 4.66. The van der Waals surface area contributed by atoms with E-state index in [1.165, 1.54) is 24.5 Å². The Balaban J connectivity index is 1.96. The number of nitrogens with zero attached hydrogens (tertiary/aromatic N) is 3. The van der Waals surface area contributed by atoms with Gasteiger partial charge in [0.05, 0.1) is 17.7 Å². The van der Waals surface area contributed by atoms with E-state index in [-0.39, 0.29) is 19.4 Å². The van der Waals surface area contributed by atoms with Crippen LogP contribution in [-0.4, -0.2) is 26.8 Å². The third kappa shape index (κ3) is 6.36. The van der Waals surface area contributed by atoms with Gasteiger partial charge in [-0.05, 0) is 24.1 Å². The molecule has 0 amide bonds. The van der Waals surface area contributed by atoms with Crippen molar-refractivity contribution >= 4 is 11.7 Å². The van der Waals surface area contributed by atoms with E-state index in [1.54, 1.807) is 0 Å². The fourth-order valence-corrected chi connectivity index (χ4v) is 2.15. The Morgan fingerprint density at radius 3 is 2.33 bits per heavy atom. The zero-order chi connectivity index (χ0) is 19.9. The van der Waals surface area contributed by atoms with E-state index >= 15 is 0 Å². The summed E-state index contributed by atoms with van der Waals surface area (Å²) in [5.41, 5.74) is 1.04. The molecule has 0 aliphatic heterocycles. The lowest BCUT2D eigenvalue weighted by Crippen LogP contribution is -2.06. The maximum atomic E-state index is 12.5. The Labute approximate surface area is 153 Å². The molecule has 9 heteroatoms. The Kier molecular flexibility index (Phi) is 6.86. The molecule has 0 aliphatic rings. The maximum absolute atomic E-state index is 12.5. The van der Waals surface area contributed by atoms with Crippen molar-refractivity contribution in [3.8, 4) is 0 Å². The molecule has 0 atom stereocenters. The van der Waals surface area contributed by atoms with Crippen LogP contribution < -0.4 is 0 Å². The molecule has 0 aliphatic carbocycles. The molecule has 0 saturated heterocycles. The second kappa shape index (κ2) is 9.11. The van der Waals surface area contributed by atoms with Crippen LogP contribution in [0.1, 0.15) is 42.3 Å². The number of halogens is 3. The van der Waals surface area contributed by atoms with Crippen molar-refractivity contribution in [3.63, 3.8) is 0 Å². The van der Waals surface area contributed by atoms with E-state index in [0.29, 0.717) is 29.1 Å². The van der Waals surface area contributed by atoms with Gasteiger partial charge in [0.1, 0.15) is 12.4 Å². The minimum absolute atomic E-state index is 0.0270. The number of aryl methyl sites for hydroxylation is 1. The topological polar surface area (TPSA) is 84.7 Å². The number of carboxylic acids is 1. The van der Waals surface area contributed by atoms with Gasteiger partial charge >= 0.3 is 12.1 Å². The van der Waals surface area contributed by atoms with Crippen LogP contribution in [0.4, 0.5) is 13.2 Å². The van der Waals surface area contributed by atoms with Gasteiger partial charge in [-0.3, -0.25) is 4.79 Å². The van der Waals surface area contributed by atoms with Gasteiger partial charge in [0.2, 0.25) is 0 Å². The molecule has 0 fully saturated rings. The average molecular weight is 381 g/mol. The average Bonchev–Trinajstić information content (AvgIpc) is 2.64. The van der Waals surface area contributed by atoms with Crippen molar-refractivity contribution in [3.05, 3.63) is 59.2 Å². The number of hydrogen-bond acceptors (Lipinski definition) is 5. The van der Waals surface area contributed by atoms with Crippen molar-refractivity contribution in [2.75, 3.05) is 0 Å². The second-order valence-corrected chi connectivity index (χ2v) is 5.64. The maximum Gasteiger partial charge on any atom is 0.416 e. The normalized spacial score (nSPS) is 12.1. The van der Waals surface area contributed by atoms with Crippen LogP contribution in [0.2, 0.25) is 0 Å². The smallest absolute Gasteiger partial charge is 0.416 e. The van der Waals surface area contributed by atoms with Crippen LogP contribution >= 0.6 is 0 Å². The summed E-state index contributed by atoms with van der Waals surface area (Å²) in [6.45, 7) is 1.89. The van der Waals surface area contributed by atoms with E-state index in [1.807, 2.05) is 6.92 Å². The number of rotatable bonds is 8. The van der Waals surface area contributed by atoms with E-state index in [9.17, 15) is 18.0 Å². The number of oxime groups is 1. The molecule has 2 rings (SSSR count). The largest absolute Gasteiger partial charge is 0.481 e. The number of hydrogen-bond donors (Lipinski definition) is 1. The van der Waals surface area contributed by atoms with Gasteiger partial charge in [-0.2, -0.15) is 13.2 Å². The molecule has 2 aromatic rings. The van der Waals surface area contributed by atoms with Crippen LogP contribution in [-0.2, 0) is 28.8 Å². The fraction of sp³-hybridized carbons (Fsp3) is 0.333. The van der Waals surface area contributed by atoms with Crippen molar-refractivity contribution in [2.45, 2.75) is 39.0 Å².